The van der Waals surface area contributed by atoms with Crippen molar-refractivity contribution in [2.24, 2.45) is 5.73 Å². The van der Waals surface area contributed by atoms with Crippen LogP contribution >= 0.6 is 11.8 Å². The van der Waals surface area contributed by atoms with Crippen LogP contribution in [-0.4, -0.2) is 65.1 Å². The van der Waals surface area contributed by atoms with Crippen molar-refractivity contribution in [2.75, 3.05) is 38.5 Å². The normalized spacial score (nSPS) is 43.0. The Kier molecular flexibility index (Phi) is 3.90. The highest BCUT2D eigenvalue weighted by Crippen LogP contribution is 2.40. The first-order valence-electron chi connectivity index (χ1n) is 7.57. The maximum absolute atomic E-state index is 6.28. The average Bonchev–Trinajstić information content (AvgIpc) is 2.79. The molecular formula is C14H27N3S. The predicted molar refractivity (Wildman–Crippen MR) is 79.1 cm³/mol. The Balaban J connectivity index is 1.80. The fraction of sp³-hybridized carbons (Fsp3) is 1.00. The quantitative estimate of drug-likeness (QED) is 0.821. The van der Waals surface area contributed by atoms with Gasteiger partial charge in [-0.2, -0.15) is 11.8 Å². The fourth-order valence-electron chi connectivity index (χ4n) is 4.33. The molecule has 3 unspecified atom stereocenters. The zero-order valence-electron chi connectivity index (χ0n) is 11.6. The molecule has 104 valence electrons. The number of nitrogens with zero attached hydrogens (tertiary/aromatic N) is 2. The molecule has 0 bridgehead atoms. The lowest BCUT2D eigenvalue weighted by Crippen LogP contribution is -2.64. The fourth-order valence-corrected chi connectivity index (χ4v) is 5.34. The van der Waals surface area contributed by atoms with Crippen LogP contribution in [0.25, 0.3) is 0 Å². The molecule has 4 heteroatoms. The number of rotatable bonds is 2. The Labute approximate surface area is 115 Å². The van der Waals surface area contributed by atoms with Crippen molar-refractivity contribution in [1.82, 2.24) is 9.80 Å². The lowest BCUT2D eigenvalue weighted by Gasteiger charge is -2.49. The van der Waals surface area contributed by atoms with Crippen LogP contribution in [0.5, 0.6) is 0 Å². The Morgan fingerprint density at radius 2 is 2.17 bits per heavy atom. The van der Waals surface area contributed by atoms with Gasteiger partial charge in [-0.15, -0.1) is 0 Å². The molecule has 2 N–H and O–H groups in total. The molecule has 3 rings (SSSR count). The first-order chi connectivity index (χ1) is 8.76. The summed E-state index contributed by atoms with van der Waals surface area (Å²) in [6.07, 6.45) is 5.46. The van der Waals surface area contributed by atoms with Crippen molar-refractivity contribution in [2.45, 2.75) is 49.4 Å². The van der Waals surface area contributed by atoms with Gasteiger partial charge in [0.2, 0.25) is 0 Å². The number of thioether (sulfide) groups is 1. The molecule has 0 aliphatic carbocycles. The Morgan fingerprint density at radius 1 is 1.28 bits per heavy atom. The summed E-state index contributed by atoms with van der Waals surface area (Å²) in [6.45, 7) is 8.30. The van der Waals surface area contributed by atoms with Gasteiger partial charge in [-0.25, -0.2) is 0 Å². The third kappa shape index (κ3) is 2.11. The highest BCUT2D eigenvalue weighted by molar-refractivity contribution is 7.99. The number of nitrogens with two attached hydrogens (primary N) is 1. The molecule has 3 nitrogen and oxygen atoms in total. The van der Waals surface area contributed by atoms with Crippen molar-refractivity contribution in [3.63, 3.8) is 0 Å². The first kappa shape index (κ1) is 13.2. The molecule has 0 radical (unpaired) electrons. The molecule has 3 heterocycles. The van der Waals surface area contributed by atoms with Crippen molar-refractivity contribution < 1.29 is 0 Å². The van der Waals surface area contributed by atoms with E-state index in [2.05, 4.69) is 28.5 Å². The largest absolute Gasteiger partial charge is 0.329 e. The molecule has 3 aliphatic heterocycles. The van der Waals surface area contributed by atoms with E-state index in [0.717, 1.165) is 17.8 Å². The summed E-state index contributed by atoms with van der Waals surface area (Å²) >= 11 is 2.12. The second kappa shape index (κ2) is 5.31. The zero-order chi connectivity index (χ0) is 12.6. The summed E-state index contributed by atoms with van der Waals surface area (Å²) in [4.78, 5) is 5.48. The number of hydrogen-bond acceptors (Lipinski definition) is 4. The topological polar surface area (TPSA) is 32.5 Å². The molecule has 3 saturated heterocycles. The highest BCUT2D eigenvalue weighted by Gasteiger charge is 2.51. The summed E-state index contributed by atoms with van der Waals surface area (Å²) in [7, 11) is 0. The van der Waals surface area contributed by atoms with Crippen LogP contribution in [0.15, 0.2) is 0 Å². The minimum Gasteiger partial charge on any atom is -0.329 e. The summed E-state index contributed by atoms with van der Waals surface area (Å²) < 4.78 is 0. The van der Waals surface area contributed by atoms with Gasteiger partial charge in [0.1, 0.15) is 0 Å². The minimum absolute atomic E-state index is 0.301. The van der Waals surface area contributed by atoms with E-state index in [1.807, 2.05) is 0 Å². The molecule has 3 fully saturated rings. The Morgan fingerprint density at radius 3 is 2.94 bits per heavy atom. The van der Waals surface area contributed by atoms with Crippen LogP contribution in [0.4, 0.5) is 0 Å². The number of hydrogen-bond donors (Lipinski definition) is 1. The van der Waals surface area contributed by atoms with Gasteiger partial charge >= 0.3 is 0 Å². The van der Waals surface area contributed by atoms with Gasteiger partial charge in [-0.05, 0) is 25.8 Å². The van der Waals surface area contributed by atoms with E-state index in [1.165, 1.54) is 57.6 Å². The molecule has 3 aliphatic rings. The summed E-state index contributed by atoms with van der Waals surface area (Å²) in [5, 5.41) is 0.778. The molecule has 0 aromatic heterocycles. The highest BCUT2D eigenvalue weighted by atomic mass is 32.2. The van der Waals surface area contributed by atoms with E-state index in [0.29, 0.717) is 5.54 Å². The Hall–Kier alpha value is 0.230. The van der Waals surface area contributed by atoms with E-state index >= 15 is 0 Å². The third-order valence-corrected chi connectivity index (χ3v) is 6.43. The van der Waals surface area contributed by atoms with Crippen LogP contribution in [0.2, 0.25) is 0 Å². The van der Waals surface area contributed by atoms with Gasteiger partial charge in [-0.1, -0.05) is 13.3 Å². The van der Waals surface area contributed by atoms with E-state index in [-0.39, 0.29) is 0 Å². The second-order valence-electron chi connectivity index (χ2n) is 6.23. The molecule has 0 spiro atoms. The molecule has 3 atom stereocenters. The van der Waals surface area contributed by atoms with Crippen LogP contribution in [-0.2, 0) is 0 Å². The lowest BCUT2D eigenvalue weighted by molar-refractivity contribution is 0.0405. The standard InChI is InChI=1S/C14H27N3S/c1-12-10-17(8-9-18-12)14(11-15)5-7-16-6-3-2-4-13(14)16/h12-13H,2-11,15H2,1H3. The van der Waals surface area contributed by atoms with Crippen molar-refractivity contribution in [3.8, 4) is 0 Å². The zero-order valence-corrected chi connectivity index (χ0v) is 12.4. The molecule has 18 heavy (non-hydrogen) atoms. The summed E-state index contributed by atoms with van der Waals surface area (Å²) in [5.74, 6) is 1.29. The predicted octanol–water partition coefficient (Wildman–Crippen LogP) is 1.38. The molecular weight excluding hydrogens is 242 g/mol. The minimum atomic E-state index is 0.301. The van der Waals surface area contributed by atoms with Crippen LogP contribution in [0, 0.1) is 0 Å². The van der Waals surface area contributed by atoms with Gasteiger partial charge in [-0.3, -0.25) is 9.80 Å². The molecule has 0 aromatic carbocycles. The number of piperidine rings is 1. The Bertz CT molecular complexity index is 299. The first-order valence-corrected chi connectivity index (χ1v) is 8.62. The molecule has 0 saturated carbocycles. The lowest BCUT2D eigenvalue weighted by atomic mass is 9.83. The van der Waals surface area contributed by atoms with Crippen molar-refractivity contribution in [1.29, 1.82) is 0 Å². The smallest absolute Gasteiger partial charge is 0.0499 e. The van der Waals surface area contributed by atoms with E-state index < -0.39 is 0 Å². The monoisotopic (exact) mass is 269 g/mol. The van der Waals surface area contributed by atoms with Gasteiger partial charge in [0.05, 0.1) is 0 Å². The van der Waals surface area contributed by atoms with Gasteiger partial charge in [0.15, 0.2) is 0 Å². The summed E-state index contributed by atoms with van der Waals surface area (Å²) in [5.41, 5.74) is 6.58. The van der Waals surface area contributed by atoms with Gasteiger partial charge in [0.25, 0.3) is 0 Å². The second-order valence-corrected chi connectivity index (χ2v) is 7.78. The van der Waals surface area contributed by atoms with Gasteiger partial charge < -0.3 is 5.73 Å². The van der Waals surface area contributed by atoms with E-state index in [9.17, 15) is 0 Å². The van der Waals surface area contributed by atoms with E-state index in [1.54, 1.807) is 0 Å². The van der Waals surface area contributed by atoms with Crippen LogP contribution in [0.1, 0.15) is 32.6 Å². The SMILES string of the molecule is CC1CN(C2(CN)CCN3CCCCC32)CCS1. The summed E-state index contributed by atoms with van der Waals surface area (Å²) in [6, 6.07) is 0.742. The van der Waals surface area contributed by atoms with Crippen molar-refractivity contribution >= 4 is 11.8 Å². The number of fused-ring (bicyclic) bond motifs is 1. The van der Waals surface area contributed by atoms with Gasteiger partial charge in [0, 0.05) is 48.8 Å². The van der Waals surface area contributed by atoms with E-state index in [4.69, 9.17) is 5.73 Å². The molecule has 0 amide bonds. The maximum Gasteiger partial charge on any atom is 0.0499 e. The van der Waals surface area contributed by atoms with Crippen LogP contribution < -0.4 is 5.73 Å². The molecule has 0 aromatic rings. The average molecular weight is 269 g/mol. The van der Waals surface area contributed by atoms with Crippen LogP contribution in [0.3, 0.4) is 0 Å². The maximum atomic E-state index is 6.28. The third-order valence-electron chi connectivity index (χ3n) is 5.29. The van der Waals surface area contributed by atoms with Crippen molar-refractivity contribution in [3.05, 3.63) is 0 Å².